The van der Waals surface area contributed by atoms with Crippen LogP contribution in [0.15, 0.2) is 28.7 Å². The summed E-state index contributed by atoms with van der Waals surface area (Å²) in [4.78, 5) is 2.04. The molecule has 3 heteroatoms. The van der Waals surface area contributed by atoms with Crippen molar-refractivity contribution >= 4 is 28.9 Å². The van der Waals surface area contributed by atoms with E-state index in [2.05, 4.69) is 12.1 Å². The van der Waals surface area contributed by atoms with E-state index in [9.17, 15) is 0 Å². The van der Waals surface area contributed by atoms with Gasteiger partial charge in [0, 0.05) is 31.2 Å². The van der Waals surface area contributed by atoms with Crippen molar-refractivity contribution in [3.05, 3.63) is 34.5 Å². The Hall–Kier alpha value is -1.35. The molecule has 0 atom stereocenters. The predicted octanol–water partition coefficient (Wildman–Crippen LogP) is 3.54. The molecule has 0 unspecified atom stereocenters. The van der Waals surface area contributed by atoms with Crippen LogP contribution in [-0.4, -0.2) is 14.1 Å². The van der Waals surface area contributed by atoms with E-state index >= 15 is 0 Å². The van der Waals surface area contributed by atoms with Crippen LogP contribution >= 0.6 is 12.2 Å². The summed E-state index contributed by atoms with van der Waals surface area (Å²) in [6.45, 7) is 2.04. The number of rotatable bonds is 1. The quantitative estimate of drug-likeness (QED) is 0.683. The van der Waals surface area contributed by atoms with E-state index in [-0.39, 0.29) is 0 Å². The SMILES string of the molecule is Cc1cc(=S)oc2cc(N(C)C)ccc12. The number of nitrogens with zero attached hydrogens (tertiary/aromatic N) is 1. The van der Waals surface area contributed by atoms with Gasteiger partial charge in [-0.05, 0) is 42.9 Å². The average molecular weight is 219 g/mol. The lowest BCUT2D eigenvalue weighted by Gasteiger charge is -2.12. The van der Waals surface area contributed by atoms with Crippen LogP contribution < -0.4 is 4.90 Å². The third kappa shape index (κ3) is 1.88. The Labute approximate surface area is 94.1 Å². The molecule has 0 amide bonds. The maximum absolute atomic E-state index is 5.52. The molecule has 2 rings (SSSR count). The Balaban J connectivity index is 2.76. The minimum absolute atomic E-state index is 0.538. The van der Waals surface area contributed by atoms with E-state index in [0.29, 0.717) is 4.71 Å². The number of benzene rings is 1. The summed E-state index contributed by atoms with van der Waals surface area (Å²) in [7, 11) is 4.01. The zero-order chi connectivity index (χ0) is 11.0. The highest BCUT2D eigenvalue weighted by Gasteiger charge is 2.02. The molecule has 0 aliphatic heterocycles. The zero-order valence-electron chi connectivity index (χ0n) is 9.07. The normalized spacial score (nSPS) is 10.6. The van der Waals surface area contributed by atoms with Crippen molar-refractivity contribution in [1.82, 2.24) is 0 Å². The highest BCUT2D eigenvalue weighted by molar-refractivity contribution is 7.71. The van der Waals surface area contributed by atoms with Gasteiger partial charge in [0.25, 0.3) is 0 Å². The van der Waals surface area contributed by atoms with Crippen LogP contribution in [0.25, 0.3) is 11.0 Å². The standard InChI is InChI=1S/C12H13NOS/c1-8-6-12(15)14-11-7-9(13(2)3)4-5-10(8)11/h4-7H,1-3H3. The molecule has 2 aromatic rings. The maximum Gasteiger partial charge on any atom is 0.191 e. The van der Waals surface area contributed by atoms with Gasteiger partial charge in [-0.15, -0.1) is 0 Å². The molecule has 2 nitrogen and oxygen atoms in total. The smallest absolute Gasteiger partial charge is 0.191 e. The second kappa shape index (κ2) is 3.66. The van der Waals surface area contributed by atoms with Crippen LogP contribution in [0.4, 0.5) is 5.69 Å². The Kier molecular flexibility index (Phi) is 2.49. The molecule has 0 N–H and O–H groups in total. The molecule has 0 radical (unpaired) electrons. The zero-order valence-corrected chi connectivity index (χ0v) is 9.89. The summed E-state index contributed by atoms with van der Waals surface area (Å²) in [6.07, 6.45) is 0. The van der Waals surface area contributed by atoms with Gasteiger partial charge in [-0.2, -0.15) is 0 Å². The summed E-state index contributed by atoms with van der Waals surface area (Å²) in [5.41, 5.74) is 3.13. The van der Waals surface area contributed by atoms with Gasteiger partial charge in [-0.3, -0.25) is 0 Å². The Morgan fingerprint density at radius 3 is 2.60 bits per heavy atom. The topological polar surface area (TPSA) is 16.4 Å². The van der Waals surface area contributed by atoms with Crippen LogP contribution in [0, 0.1) is 11.6 Å². The Morgan fingerprint density at radius 2 is 1.93 bits per heavy atom. The first-order valence-corrected chi connectivity index (χ1v) is 5.20. The van der Waals surface area contributed by atoms with Gasteiger partial charge in [0.05, 0.1) is 0 Å². The van der Waals surface area contributed by atoms with Crippen LogP contribution in [0.1, 0.15) is 5.56 Å². The lowest BCUT2D eigenvalue weighted by atomic mass is 10.1. The molecule has 0 aliphatic carbocycles. The highest BCUT2D eigenvalue weighted by atomic mass is 32.1. The third-order valence-electron chi connectivity index (χ3n) is 2.45. The lowest BCUT2D eigenvalue weighted by Crippen LogP contribution is -2.08. The van der Waals surface area contributed by atoms with Crippen LogP contribution in [-0.2, 0) is 0 Å². The minimum Gasteiger partial charge on any atom is -0.445 e. The van der Waals surface area contributed by atoms with E-state index in [1.807, 2.05) is 38.1 Å². The van der Waals surface area contributed by atoms with Gasteiger partial charge in [0.2, 0.25) is 0 Å². The second-order valence-corrected chi connectivity index (χ2v) is 4.23. The number of fused-ring (bicyclic) bond motifs is 1. The van der Waals surface area contributed by atoms with E-state index in [1.54, 1.807) is 0 Å². The maximum atomic E-state index is 5.52. The molecule has 0 saturated carbocycles. The van der Waals surface area contributed by atoms with E-state index in [0.717, 1.165) is 22.2 Å². The minimum atomic E-state index is 0.538. The molecule has 0 saturated heterocycles. The molecule has 15 heavy (non-hydrogen) atoms. The summed E-state index contributed by atoms with van der Waals surface area (Å²) in [5, 5.41) is 1.12. The monoisotopic (exact) mass is 219 g/mol. The van der Waals surface area contributed by atoms with Crippen molar-refractivity contribution < 1.29 is 4.42 Å². The summed E-state index contributed by atoms with van der Waals surface area (Å²) in [5.74, 6) is 0. The van der Waals surface area contributed by atoms with Crippen molar-refractivity contribution in [3.8, 4) is 0 Å². The third-order valence-corrected chi connectivity index (χ3v) is 2.65. The number of hydrogen-bond acceptors (Lipinski definition) is 3. The second-order valence-electron chi connectivity index (χ2n) is 3.82. The van der Waals surface area contributed by atoms with E-state index in [4.69, 9.17) is 16.6 Å². The van der Waals surface area contributed by atoms with Crippen molar-refractivity contribution in [2.75, 3.05) is 19.0 Å². The molecular weight excluding hydrogens is 206 g/mol. The fourth-order valence-corrected chi connectivity index (χ4v) is 1.86. The van der Waals surface area contributed by atoms with Gasteiger partial charge in [0.1, 0.15) is 5.58 Å². The Bertz CT molecular complexity index is 557. The summed E-state index contributed by atoms with van der Waals surface area (Å²) < 4.78 is 6.06. The molecule has 0 fully saturated rings. The highest BCUT2D eigenvalue weighted by Crippen LogP contribution is 2.23. The number of aryl methyl sites for hydroxylation is 1. The summed E-state index contributed by atoms with van der Waals surface area (Å²) >= 11 is 5.06. The Morgan fingerprint density at radius 1 is 1.20 bits per heavy atom. The first-order valence-electron chi connectivity index (χ1n) is 4.80. The fraction of sp³-hybridized carbons (Fsp3) is 0.250. The molecule has 0 aliphatic rings. The van der Waals surface area contributed by atoms with Gasteiger partial charge in [-0.25, -0.2) is 0 Å². The molecule has 1 aromatic heterocycles. The van der Waals surface area contributed by atoms with Gasteiger partial charge < -0.3 is 9.32 Å². The predicted molar refractivity (Wildman–Crippen MR) is 66.1 cm³/mol. The number of anilines is 1. The van der Waals surface area contributed by atoms with Crippen molar-refractivity contribution in [2.45, 2.75) is 6.92 Å². The van der Waals surface area contributed by atoms with Crippen molar-refractivity contribution in [3.63, 3.8) is 0 Å². The molecule has 0 bridgehead atoms. The average Bonchev–Trinajstić information content (AvgIpc) is 2.16. The fourth-order valence-electron chi connectivity index (χ4n) is 1.59. The summed E-state index contributed by atoms with van der Waals surface area (Å²) in [6, 6.07) is 8.04. The van der Waals surface area contributed by atoms with Crippen LogP contribution in [0.2, 0.25) is 0 Å². The van der Waals surface area contributed by atoms with Gasteiger partial charge >= 0.3 is 0 Å². The van der Waals surface area contributed by atoms with Crippen LogP contribution in [0.5, 0.6) is 0 Å². The van der Waals surface area contributed by atoms with Gasteiger partial charge in [-0.1, -0.05) is 0 Å². The number of hydrogen-bond donors (Lipinski definition) is 0. The molecule has 78 valence electrons. The van der Waals surface area contributed by atoms with E-state index in [1.165, 1.54) is 0 Å². The van der Waals surface area contributed by atoms with Crippen molar-refractivity contribution in [2.24, 2.45) is 0 Å². The molecule has 1 aromatic carbocycles. The molecule has 0 spiro atoms. The van der Waals surface area contributed by atoms with Gasteiger partial charge in [0.15, 0.2) is 4.71 Å². The largest absolute Gasteiger partial charge is 0.445 e. The molecular formula is C12H13NOS. The first-order chi connectivity index (χ1) is 7.08. The van der Waals surface area contributed by atoms with E-state index < -0.39 is 0 Å². The molecule has 1 heterocycles. The van der Waals surface area contributed by atoms with Crippen LogP contribution in [0.3, 0.4) is 0 Å². The van der Waals surface area contributed by atoms with Crippen molar-refractivity contribution in [1.29, 1.82) is 0 Å². The lowest BCUT2D eigenvalue weighted by molar-refractivity contribution is 0.585. The first kappa shape index (κ1) is 10.2.